The molecule has 0 saturated carbocycles. The van der Waals surface area contributed by atoms with Crippen molar-refractivity contribution in [2.45, 2.75) is 12.5 Å². The van der Waals surface area contributed by atoms with Crippen molar-refractivity contribution in [3.05, 3.63) is 95.0 Å². The number of hydrogen-bond donors (Lipinski definition) is 2. The van der Waals surface area contributed by atoms with Crippen molar-refractivity contribution in [3.8, 4) is 5.75 Å². The molecule has 0 saturated heterocycles. The Morgan fingerprint density at radius 1 is 0.939 bits per heavy atom. The van der Waals surface area contributed by atoms with Crippen LogP contribution in [0.3, 0.4) is 0 Å². The van der Waals surface area contributed by atoms with Crippen LogP contribution >= 0.6 is 11.6 Å². The second kappa shape index (κ2) is 11.7. The van der Waals surface area contributed by atoms with Crippen molar-refractivity contribution in [2.75, 3.05) is 19.0 Å². The Kier molecular flexibility index (Phi) is 8.43. The van der Waals surface area contributed by atoms with Gasteiger partial charge in [-0.05, 0) is 29.8 Å². The highest BCUT2D eigenvalue weighted by Crippen LogP contribution is 2.22. The number of esters is 1. The lowest BCUT2D eigenvalue weighted by atomic mass is 10.0. The molecule has 0 aliphatic carbocycles. The van der Waals surface area contributed by atoms with E-state index in [0.29, 0.717) is 22.0 Å². The first-order valence-electron chi connectivity index (χ1n) is 10.2. The van der Waals surface area contributed by atoms with Crippen LogP contribution in [0.2, 0.25) is 5.02 Å². The lowest BCUT2D eigenvalue weighted by Gasteiger charge is -2.19. The average molecular weight is 467 g/mol. The molecule has 2 amide bonds. The van der Waals surface area contributed by atoms with Crippen LogP contribution in [-0.2, 0) is 14.3 Å². The van der Waals surface area contributed by atoms with Gasteiger partial charge in [-0.2, -0.15) is 0 Å². The molecule has 0 aliphatic rings. The van der Waals surface area contributed by atoms with E-state index in [4.69, 9.17) is 16.3 Å². The molecule has 0 aliphatic heterocycles. The number of halogens is 1. The third-order valence-corrected chi connectivity index (χ3v) is 5.05. The van der Waals surface area contributed by atoms with Gasteiger partial charge in [0.05, 0.1) is 30.2 Å². The molecule has 3 rings (SSSR count). The molecule has 8 heteroatoms. The molecule has 0 fully saturated rings. The summed E-state index contributed by atoms with van der Waals surface area (Å²) in [7, 11) is 1.27. The van der Waals surface area contributed by atoms with Crippen molar-refractivity contribution in [2.24, 2.45) is 0 Å². The smallest absolute Gasteiger partial charge is 0.343 e. The highest BCUT2D eigenvalue weighted by molar-refractivity contribution is 6.33. The molecule has 0 bridgehead atoms. The highest BCUT2D eigenvalue weighted by atomic mass is 35.5. The molecule has 0 spiro atoms. The fraction of sp³-hybridized carbons (Fsp3) is 0.160. The quantitative estimate of drug-likeness (QED) is 0.456. The Balaban J connectivity index is 1.70. The zero-order valence-corrected chi connectivity index (χ0v) is 18.7. The fourth-order valence-corrected chi connectivity index (χ4v) is 3.30. The first-order chi connectivity index (χ1) is 16.0. The van der Waals surface area contributed by atoms with E-state index in [2.05, 4.69) is 15.4 Å². The van der Waals surface area contributed by atoms with E-state index < -0.39 is 12.0 Å². The van der Waals surface area contributed by atoms with Gasteiger partial charge in [0.15, 0.2) is 6.61 Å². The number of carbonyl (C=O) groups excluding carboxylic acids is 3. The van der Waals surface area contributed by atoms with Crippen LogP contribution in [0.1, 0.15) is 28.4 Å². The van der Waals surface area contributed by atoms with Gasteiger partial charge in [0.1, 0.15) is 5.75 Å². The van der Waals surface area contributed by atoms with Crippen molar-refractivity contribution in [1.82, 2.24) is 5.32 Å². The minimum atomic E-state index is -0.575. The fourth-order valence-electron chi connectivity index (χ4n) is 3.08. The first-order valence-corrected chi connectivity index (χ1v) is 10.5. The number of amides is 2. The van der Waals surface area contributed by atoms with E-state index in [1.807, 2.05) is 30.3 Å². The van der Waals surface area contributed by atoms with Crippen LogP contribution in [0, 0.1) is 0 Å². The van der Waals surface area contributed by atoms with Gasteiger partial charge in [0, 0.05) is 11.8 Å². The lowest BCUT2D eigenvalue weighted by molar-refractivity contribution is -0.142. The summed E-state index contributed by atoms with van der Waals surface area (Å²) in [5, 5.41) is 6.02. The second-order valence-corrected chi connectivity index (χ2v) is 7.47. The maximum Gasteiger partial charge on any atom is 0.343 e. The molecule has 1 atom stereocenters. The van der Waals surface area contributed by atoms with Crippen molar-refractivity contribution in [1.29, 1.82) is 0 Å². The Hall–Kier alpha value is -3.84. The summed E-state index contributed by atoms with van der Waals surface area (Å²) in [6.45, 7) is -0.238. The molecule has 3 aromatic carbocycles. The molecule has 7 nitrogen and oxygen atoms in total. The maximum absolute atomic E-state index is 12.8. The summed E-state index contributed by atoms with van der Waals surface area (Å²) in [5.41, 5.74) is 1.60. The number of hydrogen-bond acceptors (Lipinski definition) is 5. The molecule has 0 radical (unpaired) electrons. The van der Waals surface area contributed by atoms with Gasteiger partial charge in [0.2, 0.25) is 5.91 Å². The summed E-state index contributed by atoms with van der Waals surface area (Å²) in [5.74, 6) is -0.789. The molecule has 0 heterocycles. The SMILES string of the molecule is COC(=O)COc1cccc(NC(=O)CC(NC(=O)c2ccccc2Cl)c2ccccc2)c1. The van der Waals surface area contributed by atoms with E-state index >= 15 is 0 Å². The number of carbonyl (C=O) groups is 3. The predicted octanol–water partition coefficient (Wildman–Crippen LogP) is 4.39. The molecule has 1 unspecified atom stereocenters. The van der Waals surface area contributed by atoms with E-state index in [1.165, 1.54) is 7.11 Å². The largest absolute Gasteiger partial charge is 0.482 e. The number of ether oxygens (including phenoxy) is 2. The van der Waals surface area contributed by atoms with Gasteiger partial charge in [0.25, 0.3) is 5.91 Å². The average Bonchev–Trinajstić information content (AvgIpc) is 2.83. The van der Waals surface area contributed by atoms with Crippen molar-refractivity contribution < 1.29 is 23.9 Å². The van der Waals surface area contributed by atoms with Gasteiger partial charge in [-0.3, -0.25) is 9.59 Å². The molecule has 3 aromatic rings. The van der Waals surface area contributed by atoms with Crippen LogP contribution in [0.15, 0.2) is 78.9 Å². The minimum Gasteiger partial charge on any atom is -0.482 e. The van der Waals surface area contributed by atoms with Crippen LogP contribution in [0.4, 0.5) is 5.69 Å². The Labute approximate surface area is 196 Å². The number of anilines is 1. The molecule has 170 valence electrons. The standard InChI is InChI=1S/C25H23ClN2O5/c1-32-24(30)16-33-19-11-7-10-18(14-19)27-23(29)15-22(17-8-3-2-4-9-17)28-25(31)20-12-5-6-13-21(20)26/h2-14,22H,15-16H2,1H3,(H,27,29)(H,28,31). The van der Waals surface area contributed by atoms with Gasteiger partial charge in [-0.15, -0.1) is 0 Å². The molecule has 2 N–H and O–H groups in total. The molecular weight excluding hydrogens is 444 g/mol. The zero-order valence-electron chi connectivity index (χ0n) is 17.9. The zero-order chi connectivity index (χ0) is 23.6. The van der Waals surface area contributed by atoms with Crippen LogP contribution in [0.25, 0.3) is 0 Å². The number of nitrogens with one attached hydrogen (secondary N) is 2. The Morgan fingerprint density at radius 2 is 1.67 bits per heavy atom. The molecule has 0 aromatic heterocycles. The Bertz CT molecular complexity index is 1120. The third kappa shape index (κ3) is 7.08. The van der Waals surface area contributed by atoms with Crippen molar-refractivity contribution >= 4 is 35.1 Å². The van der Waals surface area contributed by atoms with E-state index in [0.717, 1.165) is 5.56 Å². The summed E-state index contributed by atoms with van der Waals surface area (Å²) >= 11 is 6.15. The van der Waals surface area contributed by atoms with Crippen LogP contribution < -0.4 is 15.4 Å². The van der Waals surface area contributed by atoms with Crippen LogP contribution in [-0.4, -0.2) is 31.5 Å². The number of benzene rings is 3. The number of methoxy groups -OCH3 is 1. The van der Waals surface area contributed by atoms with Crippen molar-refractivity contribution in [3.63, 3.8) is 0 Å². The second-order valence-electron chi connectivity index (χ2n) is 7.06. The number of rotatable bonds is 9. The normalized spacial score (nSPS) is 11.2. The predicted molar refractivity (Wildman–Crippen MR) is 125 cm³/mol. The summed E-state index contributed by atoms with van der Waals surface area (Å²) in [6, 6.07) is 22.0. The Morgan fingerprint density at radius 3 is 2.39 bits per heavy atom. The summed E-state index contributed by atoms with van der Waals surface area (Å²) in [4.78, 5) is 36.9. The summed E-state index contributed by atoms with van der Waals surface area (Å²) in [6.07, 6.45) is -0.00650. The van der Waals surface area contributed by atoms with Gasteiger partial charge in [-0.25, -0.2) is 4.79 Å². The van der Waals surface area contributed by atoms with E-state index in [9.17, 15) is 14.4 Å². The minimum absolute atomic E-state index is 0.00650. The maximum atomic E-state index is 12.8. The first kappa shape index (κ1) is 23.8. The summed E-state index contributed by atoms with van der Waals surface area (Å²) < 4.78 is 9.90. The lowest BCUT2D eigenvalue weighted by Crippen LogP contribution is -2.31. The van der Waals surface area contributed by atoms with Gasteiger partial charge in [-0.1, -0.05) is 60.1 Å². The van der Waals surface area contributed by atoms with E-state index in [1.54, 1.807) is 48.5 Å². The topological polar surface area (TPSA) is 93.7 Å². The van der Waals surface area contributed by atoms with Gasteiger partial charge >= 0.3 is 5.97 Å². The highest BCUT2D eigenvalue weighted by Gasteiger charge is 2.20. The molecular formula is C25H23ClN2O5. The van der Waals surface area contributed by atoms with E-state index in [-0.39, 0.29) is 24.8 Å². The molecule has 33 heavy (non-hydrogen) atoms. The van der Waals surface area contributed by atoms with Crippen LogP contribution in [0.5, 0.6) is 5.75 Å². The third-order valence-electron chi connectivity index (χ3n) is 4.72. The monoisotopic (exact) mass is 466 g/mol. The van der Waals surface area contributed by atoms with Gasteiger partial charge < -0.3 is 20.1 Å².